The first-order valence-corrected chi connectivity index (χ1v) is 6.11. The molecule has 1 aromatic rings. The molecule has 5 heteroatoms. The Morgan fingerprint density at radius 2 is 1.94 bits per heavy atom. The molecular weight excluding hydrogens is 234 g/mol. The summed E-state index contributed by atoms with van der Waals surface area (Å²) in [5, 5.41) is 12.5. The highest BCUT2D eigenvalue weighted by Gasteiger charge is 2.41. The number of fused-ring (bicyclic) bond motifs is 1. The van der Waals surface area contributed by atoms with E-state index in [0.717, 1.165) is 18.5 Å². The van der Waals surface area contributed by atoms with Crippen LogP contribution in [-0.4, -0.2) is 23.4 Å². The number of benzene rings is 1. The smallest absolute Gasteiger partial charge is 0.329 e. The maximum atomic E-state index is 11.4. The van der Waals surface area contributed by atoms with Crippen molar-refractivity contribution < 1.29 is 19.4 Å². The molecule has 2 N–H and O–H groups in total. The monoisotopic (exact) mass is 249 g/mol. The van der Waals surface area contributed by atoms with E-state index in [1.54, 1.807) is 12.1 Å². The number of carbonyl (C=O) groups is 1. The highest BCUT2D eigenvalue weighted by Crippen LogP contribution is 2.38. The number of aliphatic carboxylic acids is 1. The topological polar surface area (TPSA) is 67.8 Å². The fraction of sp³-hybridized carbons (Fsp3) is 0.462. The second kappa shape index (κ2) is 4.08. The fourth-order valence-corrected chi connectivity index (χ4v) is 2.62. The van der Waals surface area contributed by atoms with E-state index in [9.17, 15) is 9.90 Å². The molecule has 18 heavy (non-hydrogen) atoms. The minimum atomic E-state index is -0.826. The van der Waals surface area contributed by atoms with Gasteiger partial charge in [0.1, 0.15) is 5.54 Å². The van der Waals surface area contributed by atoms with Crippen LogP contribution in [0, 0.1) is 0 Å². The molecule has 5 nitrogen and oxygen atoms in total. The highest BCUT2D eigenvalue weighted by atomic mass is 16.7. The van der Waals surface area contributed by atoms with Gasteiger partial charge in [0.25, 0.3) is 0 Å². The molecule has 0 unspecified atom stereocenters. The van der Waals surface area contributed by atoms with E-state index < -0.39 is 11.5 Å². The molecule has 2 aliphatic rings. The Kier molecular flexibility index (Phi) is 2.54. The van der Waals surface area contributed by atoms with Crippen LogP contribution in [0.5, 0.6) is 11.5 Å². The first-order valence-electron chi connectivity index (χ1n) is 6.11. The predicted octanol–water partition coefficient (Wildman–Crippen LogP) is 2.22. The van der Waals surface area contributed by atoms with E-state index in [1.165, 1.54) is 0 Å². The molecule has 0 spiro atoms. The summed E-state index contributed by atoms with van der Waals surface area (Å²) in [6.07, 6.45) is 3.22. The summed E-state index contributed by atoms with van der Waals surface area (Å²) in [6.45, 7) is 0.225. The highest BCUT2D eigenvalue weighted by molar-refractivity contribution is 5.83. The van der Waals surface area contributed by atoms with Crippen molar-refractivity contribution in [1.82, 2.24) is 0 Å². The zero-order chi connectivity index (χ0) is 12.6. The van der Waals surface area contributed by atoms with Gasteiger partial charge in [-0.05, 0) is 25.0 Å². The van der Waals surface area contributed by atoms with Crippen molar-refractivity contribution in [2.24, 2.45) is 0 Å². The molecule has 1 heterocycles. The second-order valence-corrected chi connectivity index (χ2v) is 4.79. The van der Waals surface area contributed by atoms with Gasteiger partial charge < -0.3 is 19.9 Å². The van der Waals surface area contributed by atoms with Gasteiger partial charge in [-0.15, -0.1) is 0 Å². The van der Waals surface area contributed by atoms with Gasteiger partial charge in [0.15, 0.2) is 11.5 Å². The van der Waals surface area contributed by atoms with Crippen LogP contribution < -0.4 is 14.8 Å². The van der Waals surface area contributed by atoms with E-state index in [2.05, 4.69) is 5.32 Å². The van der Waals surface area contributed by atoms with Gasteiger partial charge in [0, 0.05) is 11.8 Å². The lowest BCUT2D eigenvalue weighted by molar-refractivity contribution is -0.142. The van der Waals surface area contributed by atoms with Crippen LogP contribution in [0.3, 0.4) is 0 Å². The summed E-state index contributed by atoms with van der Waals surface area (Å²) in [5.41, 5.74) is -0.0585. The SMILES string of the molecule is O=C(O)C1(Nc2ccc3c(c2)OCO3)CCCC1. The van der Waals surface area contributed by atoms with Gasteiger partial charge in [0.2, 0.25) is 6.79 Å². The van der Waals surface area contributed by atoms with Crippen LogP contribution >= 0.6 is 0 Å². The molecular formula is C13H15NO4. The van der Waals surface area contributed by atoms with Crippen molar-refractivity contribution in [3.63, 3.8) is 0 Å². The zero-order valence-electron chi connectivity index (χ0n) is 9.94. The third-order valence-electron chi connectivity index (χ3n) is 3.62. The Morgan fingerprint density at radius 1 is 1.22 bits per heavy atom. The lowest BCUT2D eigenvalue weighted by Crippen LogP contribution is -2.43. The number of hydrogen-bond donors (Lipinski definition) is 2. The molecule has 0 atom stereocenters. The molecule has 0 aromatic heterocycles. The summed E-state index contributed by atoms with van der Waals surface area (Å²) in [7, 11) is 0. The maximum absolute atomic E-state index is 11.4. The van der Waals surface area contributed by atoms with E-state index in [1.807, 2.05) is 6.07 Å². The summed E-state index contributed by atoms with van der Waals surface area (Å²) in [4.78, 5) is 11.4. The van der Waals surface area contributed by atoms with Crippen LogP contribution in [0.2, 0.25) is 0 Å². The molecule has 1 saturated carbocycles. The zero-order valence-corrected chi connectivity index (χ0v) is 9.94. The average Bonchev–Trinajstić information content (AvgIpc) is 2.97. The number of carboxylic acid groups (broad SMARTS) is 1. The minimum absolute atomic E-state index is 0.225. The molecule has 96 valence electrons. The predicted molar refractivity (Wildman–Crippen MR) is 65.0 cm³/mol. The van der Waals surface area contributed by atoms with Gasteiger partial charge in [-0.3, -0.25) is 0 Å². The van der Waals surface area contributed by atoms with E-state index in [-0.39, 0.29) is 6.79 Å². The Balaban J connectivity index is 1.85. The van der Waals surface area contributed by atoms with Crippen LogP contribution in [0.25, 0.3) is 0 Å². The van der Waals surface area contributed by atoms with Crippen LogP contribution in [0.15, 0.2) is 18.2 Å². The molecule has 1 aliphatic carbocycles. The molecule has 1 fully saturated rings. The molecule has 0 bridgehead atoms. The summed E-state index contributed by atoms with van der Waals surface area (Å²) < 4.78 is 10.5. The number of nitrogens with one attached hydrogen (secondary N) is 1. The van der Waals surface area contributed by atoms with Gasteiger partial charge in [0.05, 0.1) is 0 Å². The van der Waals surface area contributed by atoms with Gasteiger partial charge in [-0.25, -0.2) is 4.79 Å². The summed E-state index contributed by atoms with van der Waals surface area (Å²) >= 11 is 0. The number of anilines is 1. The van der Waals surface area contributed by atoms with Crippen LogP contribution in [-0.2, 0) is 4.79 Å². The maximum Gasteiger partial charge on any atom is 0.329 e. The van der Waals surface area contributed by atoms with E-state index in [4.69, 9.17) is 9.47 Å². The lowest BCUT2D eigenvalue weighted by atomic mass is 9.97. The summed E-state index contributed by atoms with van der Waals surface area (Å²) in [5.74, 6) is 0.590. The van der Waals surface area contributed by atoms with Crippen LogP contribution in [0.4, 0.5) is 5.69 Å². The van der Waals surface area contributed by atoms with Crippen molar-refractivity contribution in [1.29, 1.82) is 0 Å². The Labute approximate surface area is 105 Å². The Morgan fingerprint density at radius 3 is 2.67 bits per heavy atom. The van der Waals surface area contributed by atoms with Gasteiger partial charge >= 0.3 is 5.97 Å². The largest absolute Gasteiger partial charge is 0.480 e. The van der Waals surface area contributed by atoms with Gasteiger partial charge in [-0.1, -0.05) is 12.8 Å². The van der Waals surface area contributed by atoms with Crippen LogP contribution in [0.1, 0.15) is 25.7 Å². The van der Waals surface area contributed by atoms with Crippen molar-refractivity contribution in [2.45, 2.75) is 31.2 Å². The molecule has 3 rings (SSSR count). The lowest BCUT2D eigenvalue weighted by Gasteiger charge is -2.26. The van der Waals surface area contributed by atoms with E-state index in [0.29, 0.717) is 24.3 Å². The van der Waals surface area contributed by atoms with Crippen molar-refractivity contribution in [3.8, 4) is 11.5 Å². The molecule has 0 radical (unpaired) electrons. The quantitative estimate of drug-likeness (QED) is 0.859. The number of hydrogen-bond acceptors (Lipinski definition) is 4. The standard InChI is InChI=1S/C13H15NO4/c15-12(16)13(5-1-2-6-13)14-9-3-4-10-11(7-9)18-8-17-10/h3-4,7,14H,1-2,5-6,8H2,(H,15,16). The summed E-state index contributed by atoms with van der Waals surface area (Å²) in [6, 6.07) is 5.43. The second-order valence-electron chi connectivity index (χ2n) is 4.79. The van der Waals surface area contributed by atoms with E-state index >= 15 is 0 Å². The molecule has 0 saturated heterocycles. The first-order chi connectivity index (χ1) is 8.70. The molecule has 0 amide bonds. The average molecular weight is 249 g/mol. The van der Waals surface area contributed by atoms with Crippen molar-refractivity contribution in [2.75, 3.05) is 12.1 Å². The third-order valence-corrected chi connectivity index (χ3v) is 3.62. The Hall–Kier alpha value is -1.91. The van der Waals surface area contributed by atoms with Gasteiger partial charge in [-0.2, -0.15) is 0 Å². The van der Waals surface area contributed by atoms with Crippen molar-refractivity contribution in [3.05, 3.63) is 18.2 Å². The minimum Gasteiger partial charge on any atom is -0.480 e. The fourth-order valence-electron chi connectivity index (χ4n) is 2.62. The normalized spacial score (nSPS) is 19.8. The number of carboxylic acids is 1. The number of rotatable bonds is 3. The van der Waals surface area contributed by atoms with Crippen molar-refractivity contribution >= 4 is 11.7 Å². The first kappa shape index (κ1) is 11.2. The number of ether oxygens (including phenoxy) is 2. The molecule has 1 aromatic carbocycles. The molecule has 1 aliphatic heterocycles. The third kappa shape index (κ3) is 1.75. The Bertz CT molecular complexity index is 480.